The average molecular weight is 312 g/mol. The van der Waals surface area contributed by atoms with Crippen LogP contribution >= 0.6 is 0 Å². The molecule has 5 heteroatoms. The van der Waals surface area contributed by atoms with E-state index in [4.69, 9.17) is 0 Å². The molecule has 3 rings (SSSR count). The molecule has 1 fully saturated rings. The van der Waals surface area contributed by atoms with E-state index in [1.807, 2.05) is 34.7 Å². The average Bonchev–Trinajstić information content (AvgIpc) is 3.24. The van der Waals surface area contributed by atoms with Gasteiger partial charge in [0.15, 0.2) is 5.82 Å². The SMILES string of the molecule is CCn1cnnc1CN(C)C(=O)C1(c2ccccc2)CCCC1. The van der Waals surface area contributed by atoms with E-state index in [9.17, 15) is 4.79 Å². The van der Waals surface area contributed by atoms with Crippen LogP contribution in [0.25, 0.3) is 0 Å². The lowest BCUT2D eigenvalue weighted by atomic mass is 9.77. The third-order valence-electron chi connectivity index (χ3n) is 4.95. The molecular weight excluding hydrogens is 288 g/mol. The van der Waals surface area contributed by atoms with E-state index in [0.29, 0.717) is 6.54 Å². The van der Waals surface area contributed by atoms with Crippen molar-refractivity contribution >= 4 is 5.91 Å². The summed E-state index contributed by atoms with van der Waals surface area (Å²) in [5.41, 5.74) is 0.777. The fourth-order valence-electron chi connectivity index (χ4n) is 3.68. The number of benzene rings is 1. The molecule has 0 atom stereocenters. The van der Waals surface area contributed by atoms with Crippen LogP contribution in [0.15, 0.2) is 36.7 Å². The molecular formula is C18H24N4O. The van der Waals surface area contributed by atoms with Crippen LogP contribution in [0.1, 0.15) is 44.0 Å². The van der Waals surface area contributed by atoms with Crippen molar-refractivity contribution in [1.82, 2.24) is 19.7 Å². The van der Waals surface area contributed by atoms with Crippen LogP contribution in [-0.4, -0.2) is 32.6 Å². The van der Waals surface area contributed by atoms with Crippen LogP contribution in [0, 0.1) is 0 Å². The smallest absolute Gasteiger partial charge is 0.233 e. The summed E-state index contributed by atoms with van der Waals surface area (Å²) in [6.45, 7) is 3.37. The lowest BCUT2D eigenvalue weighted by molar-refractivity contribution is -0.136. The summed E-state index contributed by atoms with van der Waals surface area (Å²) >= 11 is 0. The zero-order valence-corrected chi connectivity index (χ0v) is 13.9. The number of amides is 1. The Labute approximate surface area is 137 Å². The Morgan fingerprint density at radius 2 is 1.96 bits per heavy atom. The van der Waals surface area contributed by atoms with E-state index in [2.05, 4.69) is 29.3 Å². The molecule has 0 aliphatic heterocycles. The summed E-state index contributed by atoms with van der Waals surface area (Å²) in [7, 11) is 1.88. The van der Waals surface area contributed by atoms with E-state index in [0.717, 1.165) is 43.6 Å². The van der Waals surface area contributed by atoms with Gasteiger partial charge in [-0.15, -0.1) is 10.2 Å². The standard InChI is InChI=1S/C18H24N4O/c1-3-22-14-19-20-16(22)13-21(2)17(23)18(11-7-8-12-18)15-9-5-4-6-10-15/h4-6,9-10,14H,3,7-8,11-13H2,1-2H3. The molecule has 0 bridgehead atoms. The van der Waals surface area contributed by atoms with Crippen molar-refractivity contribution in [2.24, 2.45) is 0 Å². The molecule has 1 heterocycles. The zero-order valence-electron chi connectivity index (χ0n) is 13.9. The summed E-state index contributed by atoms with van der Waals surface area (Å²) in [5.74, 6) is 1.04. The molecule has 1 amide bonds. The number of rotatable bonds is 5. The van der Waals surface area contributed by atoms with E-state index in [1.165, 1.54) is 0 Å². The zero-order chi connectivity index (χ0) is 16.3. The molecule has 1 aliphatic rings. The van der Waals surface area contributed by atoms with Gasteiger partial charge in [-0.05, 0) is 25.3 Å². The first kappa shape index (κ1) is 15.7. The number of hydrogen-bond donors (Lipinski definition) is 0. The maximum atomic E-state index is 13.3. The highest BCUT2D eigenvalue weighted by molar-refractivity contribution is 5.88. The summed E-state index contributed by atoms with van der Waals surface area (Å²) < 4.78 is 1.98. The van der Waals surface area contributed by atoms with Crippen LogP contribution < -0.4 is 0 Å². The van der Waals surface area contributed by atoms with E-state index >= 15 is 0 Å². The quantitative estimate of drug-likeness (QED) is 0.853. The monoisotopic (exact) mass is 312 g/mol. The third-order valence-corrected chi connectivity index (χ3v) is 4.95. The first-order chi connectivity index (χ1) is 11.2. The predicted molar refractivity (Wildman–Crippen MR) is 88.8 cm³/mol. The van der Waals surface area contributed by atoms with Crippen molar-refractivity contribution in [3.8, 4) is 0 Å². The molecule has 1 aromatic heterocycles. The maximum Gasteiger partial charge on any atom is 0.233 e. The van der Waals surface area contributed by atoms with Crippen molar-refractivity contribution < 1.29 is 4.79 Å². The summed E-state index contributed by atoms with van der Waals surface area (Å²) in [5, 5.41) is 8.10. The lowest BCUT2D eigenvalue weighted by Gasteiger charge is -2.32. The summed E-state index contributed by atoms with van der Waals surface area (Å²) in [6, 6.07) is 10.2. The summed E-state index contributed by atoms with van der Waals surface area (Å²) in [6.07, 6.45) is 5.80. The number of carbonyl (C=O) groups is 1. The molecule has 0 spiro atoms. The third kappa shape index (κ3) is 2.87. The van der Waals surface area contributed by atoms with Crippen molar-refractivity contribution in [2.75, 3.05) is 7.05 Å². The van der Waals surface area contributed by atoms with Crippen LogP contribution in [0.5, 0.6) is 0 Å². The van der Waals surface area contributed by atoms with Gasteiger partial charge in [0, 0.05) is 13.6 Å². The molecule has 5 nitrogen and oxygen atoms in total. The molecule has 23 heavy (non-hydrogen) atoms. The predicted octanol–water partition coefficient (Wildman–Crippen LogP) is 2.77. The van der Waals surface area contributed by atoms with Crippen LogP contribution in [-0.2, 0) is 23.3 Å². The van der Waals surface area contributed by atoms with Crippen molar-refractivity contribution in [1.29, 1.82) is 0 Å². The normalized spacial score (nSPS) is 16.4. The molecule has 2 aromatic rings. The van der Waals surface area contributed by atoms with E-state index in [-0.39, 0.29) is 11.3 Å². The first-order valence-electron chi connectivity index (χ1n) is 8.35. The number of aryl methyl sites for hydroxylation is 1. The molecule has 1 aromatic carbocycles. The second-order valence-corrected chi connectivity index (χ2v) is 6.35. The molecule has 0 N–H and O–H groups in total. The molecule has 0 saturated heterocycles. The molecule has 1 aliphatic carbocycles. The van der Waals surface area contributed by atoms with Gasteiger partial charge in [0.1, 0.15) is 6.33 Å². The number of likely N-dealkylation sites (N-methyl/N-ethyl adjacent to an activating group) is 1. The topological polar surface area (TPSA) is 51.0 Å². The Balaban J connectivity index is 1.84. The van der Waals surface area contributed by atoms with Gasteiger partial charge in [0.2, 0.25) is 5.91 Å². The first-order valence-corrected chi connectivity index (χ1v) is 8.35. The van der Waals surface area contributed by atoms with Gasteiger partial charge in [0.25, 0.3) is 0 Å². The fraction of sp³-hybridized carbons (Fsp3) is 0.500. The number of nitrogens with zero attached hydrogens (tertiary/aromatic N) is 4. The summed E-state index contributed by atoms with van der Waals surface area (Å²) in [4.78, 5) is 15.1. The Bertz CT molecular complexity index is 659. The van der Waals surface area contributed by atoms with Crippen molar-refractivity contribution in [2.45, 2.75) is 51.1 Å². The minimum atomic E-state index is -0.368. The lowest BCUT2D eigenvalue weighted by Crippen LogP contribution is -2.43. The van der Waals surface area contributed by atoms with Crippen LogP contribution in [0.3, 0.4) is 0 Å². The minimum Gasteiger partial charge on any atom is -0.337 e. The second-order valence-electron chi connectivity index (χ2n) is 6.35. The Kier molecular flexibility index (Phi) is 4.46. The molecule has 0 unspecified atom stereocenters. The fourth-order valence-corrected chi connectivity index (χ4v) is 3.68. The number of hydrogen-bond acceptors (Lipinski definition) is 3. The van der Waals surface area contributed by atoms with Crippen molar-refractivity contribution in [3.63, 3.8) is 0 Å². The van der Waals surface area contributed by atoms with Gasteiger partial charge in [-0.1, -0.05) is 43.2 Å². The van der Waals surface area contributed by atoms with Gasteiger partial charge in [-0.25, -0.2) is 0 Å². The highest BCUT2D eigenvalue weighted by atomic mass is 16.2. The van der Waals surface area contributed by atoms with Crippen LogP contribution in [0.4, 0.5) is 0 Å². The van der Waals surface area contributed by atoms with Gasteiger partial charge < -0.3 is 9.47 Å². The van der Waals surface area contributed by atoms with Crippen molar-refractivity contribution in [3.05, 3.63) is 48.0 Å². The van der Waals surface area contributed by atoms with E-state index in [1.54, 1.807) is 6.33 Å². The van der Waals surface area contributed by atoms with Gasteiger partial charge in [-0.2, -0.15) is 0 Å². The van der Waals surface area contributed by atoms with Crippen LogP contribution in [0.2, 0.25) is 0 Å². The minimum absolute atomic E-state index is 0.201. The van der Waals surface area contributed by atoms with E-state index < -0.39 is 0 Å². The highest BCUT2D eigenvalue weighted by Crippen LogP contribution is 2.42. The second kappa shape index (κ2) is 6.52. The van der Waals surface area contributed by atoms with Gasteiger partial charge in [0.05, 0.1) is 12.0 Å². The van der Waals surface area contributed by atoms with Gasteiger partial charge in [-0.3, -0.25) is 4.79 Å². The molecule has 1 saturated carbocycles. The Hall–Kier alpha value is -2.17. The Morgan fingerprint density at radius 1 is 1.26 bits per heavy atom. The maximum absolute atomic E-state index is 13.3. The largest absolute Gasteiger partial charge is 0.337 e. The number of carbonyl (C=O) groups excluding carboxylic acids is 1. The van der Waals surface area contributed by atoms with Gasteiger partial charge >= 0.3 is 0 Å². The highest BCUT2D eigenvalue weighted by Gasteiger charge is 2.44. The Morgan fingerprint density at radius 3 is 2.61 bits per heavy atom. The molecule has 122 valence electrons. The number of aromatic nitrogens is 3. The molecule has 0 radical (unpaired) electrons.